The molecule has 1 aromatic rings. The van der Waals surface area contributed by atoms with Gasteiger partial charge < -0.3 is 4.90 Å². The largest absolute Gasteiger partial charge is 0.300 e. The molecule has 0 aromatic heterocycles. The van der Waals surface area contributed by atoms with E-state index in [1.165, 1.54) is 41.4 Å². The van der Waals surface area contributed by atoms with Gasteiger partial charge in [0.25, 0.3) is 5.69 Å². The van der Waals surface area contributed by atoms with Crippen molar-refractivity contribution in [2.75, 3.05) is 32.7 Å². The van der Waals surface area contributed by atoms with Gasteiger partial charge in [-0.3, -0.25) is 10.1 Å². The van der Waals surface area contributed by atoms with Gasteiger partial charge in [-0.1, -0.05) is 12.2 Å². The van der Waals surface area contributed by atoms with Crippen LogP contribution in [0.15, 0.2) is 41.3 Å². The monoisotopic (exact) mass is 377 g/mol. The summed E-state index contributed by atoms with van der Waals surface area (Å²) in [4.78, 5) is 12.7. The zero-order valence-corrected chi connectivity index (χ0v) is 15.3. The number of nitrogens with zero attached hydrogens (tertiary/aromatic N) is 3. The van der Waals surface area contributed by atoms with Crippen molar-refractivity contribution in [3.8, 4) is 0 Å². The minimum absolute atomic E-state index is 0.103. The maximum absolute atomic E-state index is 12.8. The number of nitro benzene ring substituents is 1. The van der Waals surface area contributed by atoms with Crippen LogP contribution in [0.4, 0.5) is 5.69 Å². The number of fused-ring (bicyclic) bond motifs is 2. The Balaban J connectivity index is 1.36. The van der Waals surface area contributed by atoms with E-state index in [2.05, 4.69) is 17.1 Å². The van der Waals surface area contributed by atoms with Gasteiger partial charge in [-0.15, -0.1) is 0 Å². The van der Waals surface area contributed by atoms with Crippen LogP contribution in [0.3, 0.4) is 0 Å². The first-order chi connectivity index (χ1) is 12.4. The first kappa shape index (κ1) is 17.6. The predicted octanol–water partition coefficient (Wildman–Crippen LogP) is 2.11. The van der Waals surface area contributed by atoms with E-state index in [-0.39, 0.29) is 10.6 Å². The van der Waals surface area contributed by atoms with Gasteiger partial charge in [0.2, 0.25) is 10.0 Å². The highest BCUT2D eigenvalue weighted by molar-refractivity contribution is 7.89. The van der Waals surface area contributed by atoms with Crippen LogP contribution < -0.4 is 0 Å². The molecule has 3 aliphatic rings. The van der Waals surface area contributed by atoms with Crippen LogP contribution in [0.2, 0.25) is 0 Å². The van der Waals surface area contributed by atoms with Crippen molar-refractivity contribution >= 4 is 15.7 Å². The summed E-state index contributed by atoms with van der Waals surface area (Å²) >= 11 is 0. The summed E-state index contributed by atoms with van der Waals surface area (Å²) in [6, 6.07) is 5.13. The molecule has 1 aromatic carbocycles. The summed E-state index contributed by atoms with van der Waals surface area (Å²) in [5.74, 6) is 2.18. The molecule has 0 unspecified atom stereocenters. The van der Waals surface area contributed by atoms with Gasteiger partial charge in [-0.05, 0) is 42.7 Å². The Morgan fingerprint density at radius 1 is 1.04 bits per heavy atom. The molecule has 8 heteroatoms. The Morgan fingerprint density at radius 3 is 2.27 bits per heavy atom. The smallest absolute Gasteiger partial charge is 0.269 e. The average Bonchev–Trinajstić information content (AvgIpc) is 3.25. The Labute approximate surface area is 153 Å². The van der Waals surface area contributed by atoms with Gasteiger partial charge >= 0.3 is 0 Å². The number of hydrogen-bond donors (Lipinski definition) is 0. The maximum Gasteiger partial charge on any atom is 0.269 e. The third-order valence-corrected chi connectivity index (χ3v) is 7.84. The molecule has 26 heavy (non-hydrogen) atoms. The lowest BCUT2D eigenvalue weighted by Gasteiger charge is -2.36. The van der Waals surface area contributed by atoms with E-state index < -0.39 is 14.9 Å². The Kier molecular flexibility index (Phi) is 4.58. The minimum Gasteiger partial charge on any atom is -0.300 e. The quantitative estimate of drug-likeness (QED) is 0.446. The molecule has 140 valence electrons. The van der Waals surface area contributed by atoms with Crippen molar-refractivity contribution in [2.45, 2.75) is 17.7 Å². The van der Waals surface area contributed by atoms with Gasteiger partial charge in [0.05, 0.1) is 9.82 Å². The molecule has 0 radical (unpaired) electrons. The van der Waals surface area contributed by atoms with E-state index in [0.29, 0.717) is 24.9 Å². The standard InChI is InChI=1S/C18H23N3O4S/c22-21(23)17-3-5-18(6-4-17)26(24,25)20-9-7-19(8-10-20)13-16-12-14-1-2-15(16)11-14/h1-6,14-16H,7-13H2/t14-,15-,16-/m0/s1. The van der Waals surface area contributed by atoms with E-state index in [1.807, 2.05) is 0 Å². The first-order valence-electron chi connectivity index (χ1n) is 9.09. The van der Waals surface area contributed by atoms with Crippen LogP contribution in [0, 0.1) is 27.9 Å². The van der Waals surface area contributed by atoms with Gasteiger partial charge in [0, 0.05) is 44.9 Å². The number of nitro groups is 1. The highest BCUT2D eigenvalue weighted by atomic mass is 32.2. The minimum atomic E-state index is -3.59. The Hall–Kier alpha value is -1.77. The second-order valence-electron chi connectivity index (χ2n) is 7.50. The maximum atomic E-state index is 12.8. The summed E-state index contributed by atoms with van der Waals surface area (Å²) in [5.41, 5.74) is -0.103. The molecule has 2 fully saturated rings. The van der Waals surface area contributed by atoms with Crippen molar-refractivity contribution in [3.05, 3.63) is 46.5 Å². The lowest BCUT2D eigenvalue weighted by molar-refractivity contribution is -0.384. The topological polar surface area (TPSA) is 83.8 Å². The molecule has 2 aliphatic carbocycles. The number of hydrogen-bond acceptors (Lipinski definition) is 5. The number of non-ortho nitro benzene ring substituents is 1. The average molecular weight is 377 g/mol. The van der Waals surface area contributed by atoms with Crippen molar-refractivity contribution in [1.82, 2.24) is 9.21 Å². The van der Waals surface area contributed by atoms with Crippen molar-refractivity contribution in [3.63, 3.8) is 0 Å². The fourth-order valence-electron chi connectivity index (χ4n) is 4.48. The van der Waals surface area contributed by atoms with Crippen molar-refractivity contribution in [1.29, 1.82) is 0 Å². The molecule has 0 amide bonds. The molecule has 0 spiro atoms. The van der Waals surface area contributed by atoms with Gasteiger partial charge in [0.1, 0.15) is 0 Å². The first-order valence-corrected chi connectivity index (χ1v) is 10.5. The van der Waals surface area contributed by atoms with Gasteiger partial charge in [-0.2, -0.15) is 4.31 Å². The van der Waals surface area contributed by atoms with Crippen LogP contribution in [-0.2, 0) is 10.0 Å². The molecular weight excluding hydrogens is 354 g/mol. The molecule has 0 N–H and O–H groups in total. The SMILES string of the molecule is O=[N+]([O-])c1ccc(S(=O)(=O)N2CCN(C[C@@H]3C[C@H]4C=C[C@H]3C4)CC2)cc1. The molecule has 1 aliphatic heterocycles. The van der Waals surface area contributed by atoms with Crippen LogP contribution >= 0.6 is 0 Å². The van der Waals surface area contributed by atoms with E-state index in [9.17, 15) is 18.5 Å². The molecular formula is C18H23N3O4S. The highest BCUT2D eigenvalue weighted by Crippen LogP contribution is 2.43. The van der Waals surface area contributed by atoms with Crippen molar-refractivity contribution in [2.24, 2.45) is 17.8 Å². The summed E-state index contributed by atoms with van der Waals surface area (Å²) < 4.78 is 27.0. The number of sulfonamides is 1. The molecule has 1 saturated heterocycles. The van der Waals surface area contributed by atoms with Crippen LogP contribution in [-0.4, -0.2) is 55.3 Å². The molecule has 7 nitrogen and oxygen atoms in total. The summed E-state index contributed by atoms with van der Waals surface area (Å²) in [7, 11) is -3.59. The zero-order valence-electron chi connectivity index (χ0n) is 14.5. The lowest BCUT2D eigenvalue weighted by atomic mass is 9.93. The second kappa shape index (κ2) is 6.75. The number of piperazine rings is 1. The number of benzene rings is 1. The van der Waals surface area contributed by atoms with E-state index >= 15 is 0 Å². The van der Waals surface area contributed by atoms with E-state index in [0.717, 1.165) is 25.6 Å². The zero-order chi connectivity index (χ0) is 18.3. The van der Waals surface area contributed by atoms with Crippen LogP contribution in [0.1, 0.15) is 12.8 Å². The van der Waals surface area contributed by atoms with E-state index in [4.69, 9.17) is 0 Å². The predicted molar refractivity (Wildman–Crippen MR) is 97.1 cm³/mol. The number of allylic oxidation sites excluding steroid dienone is 2. The normalized spacial score (nSPS) is 29.3. The molecule has 3 atom stereocenters. The van der Waals surface area contributed by atoms with Gasteiger partial charge in [-0.25, -0.2) is 8.42 Å². The Morgan fingerprint density at radius 2 is 1.73 bits per heavy atom. The highest BCUT2D eigenvalue weighted by Gasteiger charge is 2.37. The second-order valence-corrected chi connectivity index (χ2v) is 9.43. The third-order valence-electron chi connectivity index (χ3n) is 5.93. The summed E-state index contributed by atoms with van der Waals surface area (Å²) in [5, 5.41) is 10.7. The fraction of sp³-hybridized carbons (Fsp3) is 0.556. The molecule has 1 saturated carbocycles. The van der Waals surface area contributed by atoms with Crippen LogP contribution in [0.25, 0.3) is 0 Å². The molecule has 2 bridgehead atoms. The summed E-state index contributed by atoms with van der Waals surface area (Å²) in [6.45, 7) is 3.47. The Bertz CT molecular complexity index is 813. The van der Waals surface area contributed by atoms with Crippen LogP contribution in [0.5, 0.6) is 0 Å². The molecule has 1 heterocycles. The lowest BCUT2D eigenvalue weighted by Crippen LogP contribution is -2.49. The third kappa shape index (κ3) is 3.28. The fourth-order valence-corrected chi connectivity index (χ4v) is 5.90. The van der Waals surface area contributed by atoms with Crippen molar-refractivity contribution < 1.29 is 13.3 Å². The molecule has 4 rings (SSSR count). The van der Waals surface area contributed by atoms with E-state index in [1.54, 1.807) is 0 Å². The number of rotatable bonds is 5. The summed E-state index contributed by atoms with van der Waals surface area (Å²) in [6.07, 6.45) is 7.26. The van der Waals surface area contributed by atoms with Gasteiger partial charge in [0.15, 0.2) is 0 Å².